The van der Waals surface area contributed by atoms with Gasteiger partial charge in [0.25, 0.3) is 5.91 Å². The Kier molecular flexibility index (Phi) is 3.27. The van der Waals surface area contributed by atoms with E-state index in [2.05, 4.69) is 0 Å². The molecule has 3 amide bonds. The van der Waals surface area contributed by atoms with Gasteiger partial charge in [0.05, 0.1) is 19.3 Å². The van der Waals surface area contributed by atoms with Crippen LogP contribution in [0, 0.1) is 0 Å². The molecule has 3 N–H and O–H groups in total. The number of carbonyl (C=O) groups excluding carboxylic acids is 2. The number of aliphatic hydroxyl groups excluding tert-OH is 2. The second-order valence-corrected chi connectivity index (χ2v) is 4.03. The molecule has 96 valence electrons. The van der Waals surface area contributed by atoms with Crippen molar-refractivity contribution in [2.24, 2.45) is 0 Å². The third-order valence-corrected chi connectivity index (χ3v) is 2.86. The predicted molar refractivity (Wildman–Crippen MR) is 51.5 cm³/mol. The molecule has 0 bridgehead atoms. The Balaban J connectivity index is 2.03. The second kappa shape index (κ2) is 4.55. The summed E-state index contributed by atoms with van der Waals surface area (Å²) < 4.78 is 18.4. The monoisotopic (exact) mass is 248 g/mol. The van der Waals surface area contributed by atoms with Crippen LogP contribution in [0.2, 0.25) is 0 Å². The normalized spacial score (nSPS) is 38.4. The van der Waals surface area contributed by atoms with Gasteiger partial charge in [0.1, 0.15) is 12.3 Å². The number of urea groups is 1. The Morgan fingerprint density at radius 3 is 2.82 bits per heavy atom. The first kappa shape index (κ1) is 12.2. The Bertz CT molecular complexity index is 339. The molecule has 0 radical (unpaired) electrons. The van der Waals surface area contributed by atoms with Gasteiger partial charge in [0.2, 0.25) is 0 Å². The van der Waals surface area contributed by atoms with Crippen molar-refractivity contribution in [3.8, 4) is 0 Å². The number of aliphatic hydroxyl groups is 2. The summed E-state index contributed by atoms with van der Waals surface area (Å²) in [6.07, 6.45) is -4.24. The van der Waals surface area contributed by atoms with Gasteiger partial charge in [-0.05, 0) is 0 Å². The first-order valence-corrected chi connectivity index (χ1v) is 5.23. The molecule has 4 unspecified atom stereocenters. The molecule has 8 heteroatoms. The number of hydrogen-bond donors (Lipinski definition) is 3. The van der Waals surface area contributed by atoms with Crippen molar-refractivity contribution in [2.45, 2.75) is 31.0 Å². The van der Waals surface area contributed by atoms with Gasteiger partial charge in [-0.2, -0.15) is 0 Å². The van der Waals surface area contributed by atoms with Crippen LogP contribution in [0.15, 0.2) is 0 Å². The highest BCUT2D eigenvalue weighted by Gasteiger charge is 2.42. The van der Waals surface area contributed by atoms with Crippen LogP contribution < -0.4 is 5.32 Å². The van der Waals surface area contributed by atoms with E-state index in [1.807, 2.05) is 5.32 Å². The lowest BCUT2D eigenvalue weighted by Gasteiger charge is -2.32. The van der Waals surface area contributed by atoms with Crippen molar-refractivity contribution in [3.63, 3.8) is 0 Å². The summed E-state index contributed by atoms with van der Waals surface area (Å²) in [6, 6.07) is -0.750. The third-order valence-electron chi connectivity index (χ3n) is 2.86. The number of ether oxygens (including phenoxy) is 1. The lowest BCUT2D eigenvalue weighted by Crippen LogP contribution is -2.58. The highest BCUT2D eigenvalue weighted by atomic mass is 19.1. The van der Waals surface area contributed by atoms with Gasteiger partial charge < -0.3 is 14.9 Å². The fourth-order valence-electron chi connectivity index (χ4n) is 1.91. The number of nitrogens with one attached hydrogen (secondary N) is 1. The van der Waals surface area contributed by atoms with E-state index >= 15 is 0 Å². The molecule has 0 aliphatic carbocycles. The second-order valence-electron chi connectivity index (χ2n) is 4.03. The highest BCUT2D eigenvalue weighted by Crippen LogP contribution is 2.24. The number of amides is 3. The summed E-state index contributed by atoms with van der Waals surface area (Å²) in [5.41, 5.74) is 0. The zero-order valence-electron chi connectivity index (χ0n) is 8.88. The summed E-state index contributed by atoms with van der Waals surface area (Å²) in [7, 11) is 0. The molecule has 2 aliphatic heterocycles. The first-order chi connectivity index (χ1) is 8.02. The van der Waals surface area contributed by atoms with Crippen LogP contribution in [0.4, 0.5) is 9.18 Å². The minimum atomic E-state index is -1.80. The summed E-state index contributed by atoms with van der Waals surface area (Å²) >= 11 is 0. The molecule has 7 nitrogen and oxygen atoms in total. The van der Waals surface area contributed by atoms with Crippen LogP contribution in [-0.2, 0) is 9.53 Å². The van der Waals surface area contributed by atoms with Gasteiger partial charge in [-0.3, -0.25) is 15.0 Å². The van der Waals surface area contributed by atoms with Gasteiger partial charge in [-0.15, -0.1) is 0 Å². The maximum Gasteiger partial charge on any atom is 0.326 e. The molecule has 2 aliphatic rings. The highest BCUT2D eigenvalue weighted by molar-refractivity contribution is 5.99. The van der Waals surface area contributed by atoms with E-state index in [4.69, 9.17) is 9.84 Å². The number of imide groups is 1. The molecule has 0 saturated carbocycles. The fourth-order valence-corrected chi connectivity index (χ4v) is 1.91. The van der Waals surface area contributed by atoms with E-state index in [0.717, 1.165) is 4.90 Å². The van der Waals surface area contributed by atoms with Crippen LogP contribution in [0.25, 0.3) is 0 Å². The van der Waals surface area contributed by atoms with Gasteiger partial charge in [0.15, 0.2) is 6.17 Å². The SMILES string of the molecule is O=C1NC(=O)N(C2CC(O)C(CO)O2)CC1F. The molecular formula is C9H13FN2O5. The number of carbonyl (C=O) groups is 2. The predicted octanol–water partition coefficient (Wildman–Crippen LogP) is -1.66. The Labute approximate surface area is 96.1 Å². The van der Waals surface area contributed by atoms with Crippen molar-refractivity contribution in [2.75, 3.05) is 13.2 Å². The topological polar surface area (TPSA) is 99.1 Å². The molecule has 0 spiro atoms. The first-order valence-electron chi connectivity index (χ1n) is 5.23. The number of halogens is 1. The summed E-state index contributed by atoms with van der Waals surface area (Å²) in [5, 5.41) is 20.2. The van der Waals surface area contributed by atoms with E-state index in [1.54, 1.807) is 0 Å². The van der Waals surface area contributed by atoms with Gasteiger partial charge in [0, 0.05) is 6.42 Å². The zero-order valence-corrected chi connectivity index (χ0v) is 8.88. The Hall–Kier alpha value is -1.25. The minimum Gasteiger partial charge on any atom is -0.394 e. The average molecular weight is 248 g/mol. The molecule has 2 rings (SSSR count). The number of nitrogens with zero attached hydrogens (tertiary/aromatic N) is 1. The van der Waals surface area contributed by atoms with Crippen molar-refractivity contribution in [3.05, 3.63) is 0 Å². The van der Waals surface area contributed by atoms with E-state index in [0.29, 0.717) is 0 Å². The number of rotatable bonds is 2. The van der Waals surface area contributed by atoms with E-state index in [1.165, 1.54) is 0 Å². The van der Waals surface area contributed by atoms with E-state index in [-0.39, 0.29) is 13.0 Å². The molecule has 4 atom stereocenters. The van der Waals surface area contributed by atoms with Crippen LogP contribution >= 0.6 is 0 Å². The van der Waals surface area contributed by atoms with Crippen LogP contribution in [-0.4, -0.2) is 64.8 Å². The van der Waals surface area contributed by atoms with Crippen molar-refractivity contribution in [1.82, 2.24) is 10.2 Å². The molecule has 2 fully saturated rings. The third kappa shape index (κ3) is 2.24. The van der Waals surface area contributed by atoms with Gasteiger partial charge >= 0.3 is 6.03 Å². The molecule has 0 aromatic heterocycles. The van der Waals surface area contributed by atoms with Crippen LogP contribution in [0.3, 0.4) is 0 Å². The van der Waals surface area contributed by atoms with Crippen LogP contribution in [0.1, 0.15) is 6.42 Å². The van der Waals surface area contributed by atoms with Crippen LogP contribution in [0.5, 0.6) is 0 Å². The smallest absolute Gasteiger partial charge is 0.326 e. The summed E-state index contributed by atoms with van der Waals surface area (Å²) in [4.78, 5) is 23.3. The lowest BCUT2D eigenvalue weighted by atomic mass is 10.1. The summed E-state index contributed by atoms with van der Waals surface area (Å²) in [5.74, 6) is -0.969. The van der Waals surface area contributed by atoms with Crippen molar-refractivity contribution >= 4 is 11.9 Å². The average Bonchev–Trinajstić information content (AvgIpc) is 2.65. The van der Waals surface area contributed by atoms with Crippen molar-refractivity contribution in [1.29, 1.82) is 0 Å². The standard InChI is InChI=1S/C9H13FN2O5/c10-4-2-12(9(16)11-8(4)15)7-1-5(14)6(3-13)17-7/h4-7,13-14H,1-3H2,(H,11,15,16). The summed E-state index contributed by atoms with van der Waals surface area (Å²) in [6.45, 7) is -0.786. The van der Waals surface area contributed by atoms with E-state index in [9.17, 15) is 19.1 Å². The number of alkyl halides is 1. The van der Waals surface area contributed by atoms with E-state index < -0.39 is 43.1 Å². The van der Waals surface area contributed by atoms with Crippen molar-refractivity contribution < 1.29 is 28.9 Å². The largest absolute Gasteiger partial charge is 0.394 e. The molecule has 2 saturated heterocycles. The van der Waals surface area contributed by atoms with Gasteiger partial charge in [-0.25, -0.2) is 9.18 Å². The molecular weight excluding hydrogens is 235 g/mol. The molecule has 2 heterocycles. The lowest BCUT2D eigenvalue weighted by molar-refractivity contribution is -0.130. The fraction of sp³-hybridized carbons (Fsp3) is 0.778. The Morgan fingerprint density at radius 2 is 2.24 bits per heavy atom. The quantitative estimate of drug-likeness (QED) is 0.543. The Morgan fingerprint density at radius 1 is 1.53 bits per heavy atom. The minimum absolute atomic E-state index is 0.0829. The molecule has 0 aromatic carbocycles. The maximum absolute atomic E-state index is 13.2. The number of hydrogen-bond acceptors (Lipinski definition) is 5. The maximum atomic E-state index is 13.2. The molecule has 17 heavy (non-hydrogen) atoms. The zero-order chi connectivity index (χ0) is 12.6. The molecule has 0 aromatic rings. The van der Waals surface area contributed by atoms with Gasteiger partial charge in [-0.1, -0.05) is 0 Å².